The molecule has 0 saturated heterocycles. The van der Waals surface area contributed by atoms with Crippen LogP contribution in [0, 0.1) is 0 Å². The van der Waals surface area contributed by atoms with E-state index in [0.717, 1.165) is 23.8 Å². The number of carbonyl (C=O) groups excluding carboxylic acids is 1. The fraction of sp³-hybridized carbons (Fsp3) is 0.174. The SMILES string of the molecule is O=C(c1ccc(OCc2ccccc2)cc1OCc1ccccc1)C(F)(F)C(F)(F)F. The van der Waals surface area contributed by atoms with E-state index < -0.39 is 29.2 Å². The summed E-state index contributed by atoms with van der Waals surface area (Å²) in [7, 11) is 0. The Morgan fingerprint density at radius 3 is 1.74 bits per heavy atom. The number of alkyl halides is 5. The summed E-state index contributed by atoms with van der Waals surface area (Å²) in [5.74, 6) is -8.22. The fourth-order valence-corrected chi connectivity index (χ4v) is 2.67. The number of benzene rings is 3. The Kier molecular flexibility index (Phi) is 6.58. The molecule has 3 aromatic rings. The smallest absolute Gasteiger partial charge is 0.461 e. The predicted octanol–water partition coefficient (Wildman–Crippen LogP) is 6.22. The van der Waals surface area contributed by atoms with E-state index in [1.807, 2.05) is 6.07 Å². The van der Waals surface area contributed by atoms with E-state index in [0.29, 0.717) is 5.56 Å². The van der Waals surface area contributed by atoms with Crippen LogP contribution in [0.1, 0.15) is 21.5 Å². The van der Waals surface area contributed by atoms with Gasteiger partial charge in [-0.05, 0) is 23.3 Å². The number of Topliss-reactive ketones (excluding diaryl/α,β-unsaturated/α-hetero) is 1. The van der Waals surface area contributed by atoms with Crippen LogP contribution in [0.15, 0.2) is 78.9 Å². The molecule has 3 aromatic carbocycles. The minimum absolute atomic E-state index is 0.130. The number of carbonyl (C=O) groups is 1. The van der Waals surface area contributed by atoms with Crippen LogP contribution in [0.5, 0.6) is 11.5 Å². The summed E-state index contributed by atoms with van der Waals surface area (Å²) in [5.41, 5.74) is 0.572. The van der Waals surface area contributed by atoms with E-state index >= 15 is 0 Å². The molecule has 0 heterocycles. The summed E-state index contributed by atoms with van der Waals surface area (Å²) in [6, 6.07) is 20.7. The Morgan fingerprint density at radius 2 is 1.23 bits per heavy atom. The van der Waals surface area contributed by atoms with Gasteiger partial charge in [-0.1, -0.05) is 60.7 Å². The lowest BCUT2D eigenvalue weighted by Gasteiger charge is -2.20. The standard InChI is InChI=1S/C23H17F5O3/c24-22(25,23(26,27)28)21(29)19-12-11-18(30-14-16-7-3-1-4-8-16)13-20(19)31-15-17-9-5-2-6-10-17/h1-13H,14-15H2. The van der Waals surface area contributed by atoms with Crippen LogP contribution in [-0.4, -0.2) is 17.9 Å². The Labute approximate surface area is 175 Å². The van der Waals surface area contributed by atoms with Gasteiger partial charge in [0.2, 0.25) is 5.78 Å². The molecule has 3 nitrogen and oxygen atoms in total. The Morgan fingerprint density at radius 1 is 0.710 bits per heavy atom. The maximum Gasteiger partial charge on any atom is 0.461 e. The van der Waals surface area contributed by atoms with Gasteiger partial charge in [-0.2, -0.15) is 22.0 Å². The number of hydrogen-bond donors (Lipinski definition) is 0. The topological polar surface area (TPSA) is 35.5 Å². The molecule has 0 amide bonds. The summed E-state index contributed by atoms with van der Waals surface area (Å²) < 4.78 is 76.4. The highest BCUT2D eigenvalue weighted by Gasteiger charge is 2.63. The Bertz CT molecular complexity index is 1020. The van der Waals surface area contributed by atoms with Crippen molar-refractivity contribution in [1.29, 1.82) is 0 Å². The van der Waals surface area contributed by atoms with Crippen molar-refractivity contribution in [2.75, 3.05) is 0 Å². The van der Waals surface area contributed by atoms with Gasteiger partial charge in [0.05, 0.1) is 5.56 Å². The van der Waals surface area contributed by atoms with Crippen molar-refractivity contribution >= 4 is 5.78 Å². The summed E-state index contributed by atoms with van der Waals surface area (Å²) in [5, 5.41) is 0. The number of ketones is 1. The van der Waals surface area contributed by atoms with Gasteiger partial charge < -0.3 is 9.47 Å². The van der Waals surface area contributed by atoms with E-state index in [2.05, 4.69) is 0 Å². The van der Waals surface area contributed by atoms with Crippen molar-refractivity contribution in [3.63, 3.8) is 0 Å². The molecule has 0 bridgehead atoms. The third kappa shape index (κ3) is 5.39. The van der Waals surface area contributed by atoms with Gasteiger partial charge in [0.1, 0.15) is 24.7 Å². The van der Waals surface area contributed by atoms with Crippen LogP contribution in [0.3, 0.4) is 0 Å². The second kappa shape index (κ2) is 9.16. The number of rotatable bonds is 8. The van der Waals surface area contributed by atoms with E-state index in [1.54, 1.807) is 54.6 Å². The summed E-state index contributed by atoms with van der Waals surface area (Å²) in [6.45, 7) is -0.00812. The zero-order valence-electron chi connectivity index (χ0n) is 16.0. The maximum atomic E-state index is 13.7. The quantitative estimate of drug-likeness (QED) is 0.310. The van der Waals surface area contributed by atoms with Crippen LogP contribution in [-0.2, 0) is 13.2 Å². The van der Waals surface area contributed by atoms with Gasteiger partial charge in [-0.3, -0.25) is 4.79 Å². The third-order valence-corrected chi connectivity index (χ3v) is 4.32. The monoisotopic (exact) mass is 436 g/mol. The van der Waals surface area contributed by atoms with Crippen LogP contribution in [0.2, 0.25) is 0 Å². The van der Waals surface area contributed by atoms with Crippen molar-refractivity contribution in [1.82, 2.24) is 0 Å². The molecule has 31 heavy (non-hydrogen) atoms. The lowest BCUT2D eigenvalue weighted by Crippen LogP contribution is -2.44. The molecule has 0 spiro atoms. The van der Waals surface area contributed by atoms with Gasteiger partial charge in [0.25, 0.3) is 0 Å². The van der Waals surface area contributed by atoms with Crippen LogP contribution >= 0.6 is 0 Å². The van der Waals surface area contributed by atoms with Crippen molar-refractivity contribution < 1.29 is 36.2 Å². The average Bonchev–Trinajstić information content (AvgIpc) is 2.76. The first-order valence-corrected chi connectivity index (χ1v) is 9.15. The summed E-state index contributed by atoms with van der Waals surface area (Å²) >= 11 is 0. The molecule has 8 heteroatoms. The van der Waals surface area contributed by atoms with Crippen molar-refractivity contribution in [2.45, 2.75) is 25.3 Å². The normalized spacial score (nSPS) is 11.8. The maximum absolute atomic E-state index is 13.7. The molecule has 0 aliphatic carbocycles. The Balaban J connectivity index is 1.88. The molecule has 162 valence electrons. The molecule has 0 fully saturated rings. The molecule has 0 aliphatic rings. The molecule has 0 radical (unpaired) electrons. The first-order valence-electron chi connectivity index (χ1n) is 9.15. The van der Waals surface area contributed by atoms with Crippen LogP contribution in [0.25, 0.3) is 0 Å². The van der Waals surface area contributed by atoms with E-state index in [4.69, 9.17) is 9.47 Å². The second-order valence-corrected chi connectivity index (χ2v) is 6.61. The lowest BCUT2D eigenvalue weighted by atomic mass is 10.0. The predicted molar refractivity (Wildman–Crippen MR) is 103 cm³/mol. The van der Waals surface area contributed by atoms with Crippen LogP contribution in [0.4, 0.5) is 22.0 Å². The summed E-state index contributed by atoms with van der Waals surface area (Å²) in [6.07, 6.45) is -6.02. The highest BCUT2D eigenvalue weighted by atomic mass is 19.4. The largest absolute Gasteiger partial charge is 0.489 e. The molecule has 0 atom stereocenters. The van der Waals surface area contributed by atoms with Crippen molar-refractivity contribution in [3.05, 3.63) is 95.6 Å². The molecule has 0 unspecified atom stereocenters. The van der Waals surface area contributed by atoms with Crippen LogP contribution < -0.4 is 9.47 Å². The molecule has 0 N–H and O–H groups in total. The highest BCUT2D eigenvalue weighted by molar-refractivity contribution is 6.04. The minimum atomic E-state index is -6.02. The van der Waals surface area contributed by atoms with Gasteiger partial charge in [-0.25, -0.2) is 0 Å². The lowest BCUT2D eigenvalue weighted by molar-refractivity contribution is -0.255. The zero-order chi connectivity index (χ0) is 22.5. The molecular weight excluding hydrogens is 419 g/mol. The molecular formula is C23H17F5O3. The van der Waals surface area contributed by atoms with Gasteiger partial charge in [0.15, 0.2) is 0 Å². The first-order chi connectivity index (χ1) is 14.7. The number of halogens is 5. The molecule has 0 aliphatic heterocycles. The molecule has 0 saturated carbocycles. The second-order valence-electron chi connectivity index (χ2n) is 6.61. The molecule has 0 aromatic heterocycles. The minimum Gasteiger partial charge on any atom is -0.489 e. The first kappa shape index (κ1) is 22.3. The van der Waals surface area contributed by atoms with E-state index in [9.17, 15) is 26.7 Å². The molecule has 3 rings (SSSR count). The average molecular weight is 436 g/mol. The van der Waals surface area contributed by atoms with Crippen molar-refractivity contribution in [2.24, 2.45) is 0 Å². The summed E-state index contributed by atoms with van der Waals surface area (Å²) in [4.78, 5) is 12.0. The highest BCUT2D eigenvalue weighted by Crippen LogP contribution is 2.40. The number of ether oxygens (including phenoxy) is 2. The van der Waals surface area contributed by atoms with Gasteiger partial charge in [-0.15, -0.1) is 0 Å². The third-order valence-electron chi connectivity index (χ3n) is 4.32. The fourth-order valence-electron chi connectivity index (χ4n) is 2.67. The van der Waals surface area contributed by atoms with Crippen molar-refractivity contribution in [3.8, 4) is 11.5 Å². The number of hydrogen-bond acceptors (Lipinski definition) is 3. The van der Waals surface area contributed by atoms with E-state index in [1.165, 1.54) is 0 Å². The Hall–Kier alpha value is -3.42. The van der Waals surface area contributed by atoms with Gasteiger partial charge in [0, 0.05) is 6.07 Å². The van der Waals surface area contributed by atoms with E-state index in [-0.39, 0.29) is 19.0 Å². The zero-order valence-corrected chi connectivity index (χ0v) is 16.0. The van der Waals surface area contributed by atoms with Gasteiger partial charge >= 0.3 is 12.1 Å².